The van der Waals surface area contributed by atoms with E-state index in [1.165, 1.54) is 0 Å². The van der Waals surface area contributed by atoms with Crippen LogP contribution < -0.4 is 15.5 Å². The van der Waals surface area contributed by atoms with Gasteiger partial charge in [0.25, 0.3) is 0 Å². The maximum atomic E-state index is 12.2. The van der Waals surface area contributed by atoms with Crippen molar-refractivity contribution in [1.82, 2.24) is 20.6 Å². The van der Waals surface area contributed by atoms with E-state index in [1.807, 2.05) is 0 Å². The van der Waals surface area contributed by atoms with Crippen molar-refractivity contribution in [3.8, 4) is 0 Å². The van der Waals surface area contributed by atoms with Crippen molar-refractivity contribution in [2.75, 3.05) is 31.1 Å². The van der Waals surface area contributed by atoms with Gasteiger partial charge in [-0.2, -0.15) is 0 Å². The fraction of sp³-hybridized carbons (Fsp3) is 0.688. The molecule has 1 aromatic rings. The van der Waals surface area contributed by atoms with E-state index < -0.39 is 0 Å². The molecule has 0 bridgehead atoms. The Kier molecular flexibility index (Phi) is 8.73. The highest BCUT2D eigenvalue weighted by Crippen LogP contribution is 2.19. The highest BCUT2D eigenvalue weighted by atomic mass is 35.5. The Bertz CT molecular complexity index is 517. The average Bonchev–Trinajstić information content (AvgIpc) is 3.10. The summed E-state index contributed by atoms with van der Waals surface area (Å²) in [6.45, 7) is 5.77. The standard InChI is InChI=1S/C16H25N5O.2ClH/c1-2-13-9-15(19-11-18-13)21-7-4-14(5-8-21)20-16(22)12-3-6-17-10-12;;/h9,11-12,14,17H,2-8,10H2,1H3,(H,20,22);2*1H. The van der Waals surface area contributed by atoms with E-state index in [-0.39, 0.29) is 36.6 Å². The van der Waals surface area contributed by atoms with Crippen LogP contribution in [0.25, 0.3) is 0 Å². The van der Waals surface area contributed by atoms with Gasteiger partial charge in [-0.05, 0) is 32.2 Å². The predicted octanol–water partition coefficient (Wildman–Crippen LogP) is 1.58. The van der Waals surface area contributed by atoms with Gasteiger partial charge >= 0.3 is 0 Å². The third-order valence-corrected chi connectivity index (χ3v) is 4.67. The first kappa shape index (κ1) is 20.9. The molecule has 3 heterocycles. The van der Waals surface area contributed by atoms with Gasteiger partial charge in [-0.1, -0.05) is 6.92 Å². The van der Waals surface area contributed by atoms with Crippen molar-refractivity contribution in [2.45, 2.75) is 38.6 Å². The fourth-order valence-electron chi connectivity index (χ4n) is 3.20. The summed E-state index contributed by atoms with van der Waals surface area (Å²) in [7, 11) is 0. The monoisotopic (exact) mass is 375 g/mol. The third kappa shape index (κ3) is 5.19. The molecule has 0 spiro atoms. The SMILES string of the molecule is CCc1cc(N2CCC(NC(=O)C3CCNC3)CC2)ncn1.Cl.Cl. The summed E-state index contributed by atoms with van der Waals surface area (Å²) in [5, 5.41) is 6.46. The van der Waals surface area contributed by atoms with Crippen molar-refractivity contribution in [3.63, 3.8) is 0 Å². The molecule has 3 rings (SSSR count). The van der Waals surface area contributed by atoms with Gasteiger partial charge in [0.05, 0.1) is 5.92 Å². The second kappa shape index (κ2) is 10.0. The number of rotatable bonds is 4. The number of halogens is 2. The summed E-state index contributed by atoms with van der Waals surface area (Å²) in [5.41, 5.74) is 1.08. The lowest BCUT2D eigenvalue weighted by atomic mass is 10.0. The van der Waals surface area contributed by atoms with Crippen molar-refractivity contribution >= 4 is 36.5 Å². The zero-order chi connectivity index (χ0) is 15.4. The number of carbonyl (C=O) groups is 1. The number of nitrogens with one attached hydrogen (secondary N) is 2. The Morgan fingerprint density at radius 2 is 2.04 bits per heavy atom. The number of anilines is 1. The number of aromatic nitrogens is 2. The molecule has 0 radical (unpaired) electrons. The van der Waals surface area contributed by atoms with E-state index in [0.717, 1.165) is 63.4 Å². The number of aryl methyl sites for hydroxylation is 1. The molecule has 1 aromatic heterocycles. The van der Waals surface area contributed by atoms with E-state index in [1.54, 1.807) is 6.33 Å². The molecule has 6 nitrogen and oxygen atoms in total. The first-order valence-electron chi connectivity index (χ1n) is 8.33. The normalized spacial score (nSPS) is 20.9. The summed E-state index contributed by atoms with van der Waals surface area (Å²) >= 11 is 0. The second-order valence-corrected chi connectivity index (χ2v) is 6.18. The Labute approximate surface area is 156 Å². The third-order valence-electron chi connectivity index (χ3n) is 4.67. The first-order valence-corrected chi connectivity index (χ1v) is 8.33. The minimum absolute atomic E-state index is 0. The number of carbonyl (C=O) groups excluding carboxylic acids is 1. The molecule has 8 heteroatoms. The lowest BCUT2D eigenvalue weighted by Gasteiger charge is -2.33. The highest BCUT2D eigenvalue weighted by Gasteiger charge is 2.26. The Hall–Kier alpha value is -1.11. The van der Waals surface area contributed by atoms with Crippen LogP contribution in [0.3, 0.4) is 0 Å². The number of piperidine rings is 1. The molecule has 1 unspecified atom stereocenters. The molecular formula is C16H27Cl2N5O. The molecule has 0 aromatic carbocycles. The molecule has 2 saturated heterocycles. The first-order chi connectivity index (χ1) is 10.8. The zero-order valence-electron chi connectivity index (χ0n) is 14.0. The summed E-state index contributed by atoms with van der Waals surface area (Å²) < 4.78 is 0. The smallest absolute Gasteiger partial charge is 0.224 e. The number of hydrogen-bond acceptors (Lipinski definition) is 5. The molecule has 136 valence electrons. The van der Waals surface area contributed by atoms with Gasteiger partial charge < -0.3 is 15.5 Å². The van der Waals surface area contributed by atoms with Gasteiger partial charge in [0, 0.05) is 37.4 Å². The number of hydrogen-bond donors (Lipinski definition) is 2. The molecule has 0 aliphatic carbocycles. The van der Waals surface area contributed by atoms with E-state index >= 15 is 0 Å². The van der Waals surface area contributed by atoms with Gasteiger partial charge in [-0.25, -0.2) is 9.97 Å². The van der Waals surface area contributed by atoms with Gasteiger partial charge in [0.2, 0.25) is 5.91 Å². The molecule has 2 aliphatic rings. The van der Waals surface area contributed by atoms with Crippen LogP contribution in [0, 0.1) is 5.92 Å². The van der Waals surface area contributed by atoms with E-state index in [2.05, 4.69) is 38.5 Å². The van der Waals surface area contributed by atoms with Crippen molar-refractivity contribution in [3.05, 3.63) is 18.1 Å². The number of nitrogens with zero attached hydrogens (tertiary/aromatic N) is 3. The van der Waals surface area contributed by atoms with Crippen LogP contribution in [-0.4, -0.2) is 48.1 Å². The molecule has 2 N–H and O–H groups in total. The zero-order valence-corrected chi connectivity index (χ0v) is 15.7. The van der Waals surface area contributed by atoms with Crippen molar-refractivity contribution < 1.29 is 4.79 Å². The van der Waals surface area contributed by atoms with E-state index in [9.17, 15) is 4.79 Å². The van der Waals surface area contributed by atoms with Crippen LogP contribution in [0.1, 0.15) is 31.9 Å². The maximum absolute atomic E-state index is 12.2. The van der Waals surface area contributed by atoms with Gasteiger partial charge in [0.15, 0.2) is 0 Å². The van der Waals surface area contributed by atoms with Crippen LogP contribution in [0.2, 0.25) is 0 Å². The van der Waals surface area contributed by atoms with Crippen molar-refractivity contribution in [1.29, 1.82) is 0 Å². The Balaban J connectivity index is 0.00000144. The van der Waals surface area contributed by atoms with E-state index in [0.29, 0.717) is 6.04 Å². The average molecular weight is 376 g/mol. The fourth-order valence-corrected chi connectivity index (χ4v) is 3.20. The van der Waals surface area contributed by atoms with Crippen LogP contribution >= 0.6 is 24.8 Å². The predicted molar refractivity (Wildman–Crippen MR) is 100 cm³/mol. The molecule has 1 atom stereocenters. The van der Waals surface area contributed by atoms with Crippen molar-refractivity contribution in [2.24, 2.45) is 5.92 Å². The van der Waals surface area contributed by atoms with E-state index in [4.69, 9.17) is 0 Å². The molecule has 0 saturated carbocycles. The largest absolute Gasteiger partial charge is 0.356 e. The Morgan fingerprint density at radius 3 is 2.67 bits per heavy atom. The van der Waals surface area contributed by atoms with Gasteiger partial charge in [-0.3, -0.25) is 4.79 Å². The summed E-state index contributed by atoms with van der Waals surface area (Å²) in [4.78, 5) is 23.1. The molecule has 2 fully saturated rings. The molecule has 1 amide bonds. The summed E-state index contributed by atoms with van der Waals surface area (Å²) in [5.74, 6) is 1.39. The minimum Gasteiger partial charge on any atom is -0.356 e. The van der Waals surface area contributed by atoms with Gasteiger partial charge in [-0.15, -0.1) is 24.8 Å². The highest BCUT2D eigenvalue weighted by molar-refractivity contribution is 5.85. The molecular weight excluding hydrogens is 349 g/mol. The van der Waals surface area contributed by atoms with Crippen LogP contribution in [0.4, 0.5) is 5.82 Å². The van der Waals surface area contributed by atoms with Crippen LogP contribution in [-0.2, 0) is 11.2 Å². The van der Waals surface area contributed by atoms with Crippen LogP contribution in [0.15, 0.2) is 12.4 Å². The second-order valence-electron chi connectivity index (χ2n) is 6.18. The summed E-state index contributed by atoms with van der Waals surface area (Å²) in [6, 6.07) is 2.38. The van der Waals surface area contributed by atoms with Crippen LogP contribution in [0.5, 0.6) is 0 Å². The van der Waals surface area contributed by atoms with Gasteiger partial charge in [0.1, 0.15) is 12.1 Å². The topological polar surface area (TPSA) is 70.2 Å². The summed E-state index contributed by atoms with van der Waals surface area (Å²) in [6.07, 6.45) is 5.51. The molecule has 24 heavy (non-hydrogen) atoms. The maximum Gasteiger partial charge on any atom is 0.224 e. The lowest BCUT2D eigenvalue weighted by Crippen LogP contribution is -2.46. The minimum atomic E-state index is 0. The number of amides is 1. The quantitative estimate of drug-likeness (QED) is 0.835. The Morgan fingerprint density at radius 1 is 1.29 bits per heavy atom. The lowest BCUT2D eigenvalue weighted by molar-refractivity contribution is -0.125. The molecule has 2 aliphatic heterocycles.